The van der Waals surface area contributed by atoms with Crippen molar-refractivity contribution in [2.75, 3.05) is 31.5 Å². The standard InChI is InChI=1S/C27H26F3N5O/c1-18-5-8-22(9-6-18)35-24-10-7-19(17-34-13-11-31-12-14-34)15-23(24)32-26(35)33-25(36)20-3-2-4-21(16-20)27(28,29)30/h2-10,15-16,31H,11-14,17H2,1H3,(H,32,33,36). The van der Waals surface area contributed by atoms with Crippen LogP contribution in [-0.4, -0.2) is 46.5 Å². The Morgan fingerprint density at radius 3 is 2.50 bits per heavy atom. The van der Waals surface area contributed by atoms with Gasteiger partial charge < -0.3 is 5.32 Å². The molecule has 0 spiro atoms. The van der Waals surface area contributed by atoms with E-state index in [9.17, 15) is 18.0 Å². The molecule has 1 fully saturated rings. The number of nitrogens with one attached hydrogen (secondary N) is 2. The van der Waals surface area contributed by atoms with Crippen LogP contribution in [0.25, 0.3) is 16.7 Å². The summed E-state index contributed by atoms with van der Waals surface area (Å²) < 4.78 is 41.3. The summed E-state index contributed by atoms with van der Waals surface area (Å²) in [5, 5.41) is 6.08. The lowest BCUT2D eigenvalue weighted by Gasteiger charge is -2.27. The van der Waals surface area contributed by atoms with Crippen molar-refractivity contribution in [3.8, 4) is 5.69 Å². The van der Waals surface area contributed by atoms with Gasteiger partial charge in [0, 0.05) is 44.0 Å². The van der Waals surface area contributed by atoms with Gasteiger partial charge in [0.1, 0.15) is 0 Å². The van der Waals surface area contributed by atoms with Crippen LogP contribution in [0.1, 0.15) is 27.0 Å². The molecule has 1 aliphatic rings. The second-order valence-corrected chi connectivity index (χ2v) is 8.99. The Morgan fingerprint density at radius 2 is 1.78 bits per heavy atom. The summed E-state index contributed by atoms with van der Waals surface area (Å²) in [6.45, 7) is 6.61. The fourth-order valence-electron chi connectivity index (χ4n) is 4.40. The first-order valence-corrected chi connectivity index (χ1v) is 11.8. The molecule has 0 bridgehead atoms. The van der Waals surface area contributed by atoms with E-state index in [0.29, 0.717) is 5.52 Å². The van der Waals surface area contributed by atoms with E-state index in [1.54, 1.807) is 0 Å². The number of nitrogens with zero attached hydrogens (tertiary/aromatic N) is 3. The van der Waals surface area contributed by atoms with Crippen molar-refractivity contribution in [1.82, 2.24) is 19.8 Å². The van der Waals surface area contributed by atoms with E-state index in [-0.39, 0.29) is 11.5 Å². The highest BCUT2D eigenvalue weighted by Gasteiger charge is 2.31. The highest BCUT2D eigenvalue weighted by Crippen LogP contribution is 2.30. The Balaban J connectivity index is 1.51. The van der Waals surface area contributed by atoms with Gasteiger partial charge in [-0.15, -0.1) is 0 Å². The first-order valence-electron chi connectivity index (χ1n) is 11.8. The van der Waals surface area contributed by atoms with Crippen LogP contribution >= 0.6 is 0 Å². The smallest absolute Gasteiger partial charge is 0.314 e. The molecule has 2 heterocycles. The van der Waals surface area contributed by atoms with Crippen LogP contribution in [0.15, 0.2) is 66.7 Å². The van der Waals surface area contributed by atoms with Gasteiger partial charge in [-0.2, -0.15) is 13.2 Å². The van der Waals surface area contributed by atoms with Crippen LogP contribution in [0.2, 0.25) is 0 Å². The number of rotatable bonds is 5. The molecule has 186 valence electrons. The quantitative estimate of drug-likeness (QED) is 0.410. The number of hydrogen-bond acceptors (Lipinski definition) is 4. The van der Waals surface area contributed by atoms with E-state index in [4.69, 9.17) is 0 Å². The monoisotopic (exact) mass is 493 g/mol. The van der Waals surface area contributed by atoms with Crippen LogP contribution in [-0.2, 0) is 12.7 Å². The number of aryl methyl sites for hydroxylation is 1. The first kappa shape index (κ1) is 24.0. The summed E-state index contributed by atoms with van der Waals surface area (Å²) in [5.41, 5.74) is 3.50. The SMILES string of the molecule is Cc1ccc(-n2c(NC(=O)c3cccc(C(F)(F)F)c3)nc3cc(CN4CCNCC4)ccc32)cc1. The van der Waals surface area contributed by atoms with Crippen LogP contribution in [0.3, 0.4) is 0 Å². The number of imidazole rings is 1. The minimum atomic E-state index is -4.54. The molecule has 36 heavy (non-hydrogen) atoms. The maximum atomic E-state index is 13.2. The van der Waals surface area contributed by atoms with Crippen molar-refractivity contribution in [2.45, 2.75) is 19.6 Å². The number of halogens is 3. The highest BCUT2D eigenvalue weighted by molar-refractivity contribution is 6.04. The van der Waals surface area contributed by atoms with Gasteiger partial charge >= 0.3 is 6.18 Å². The Morgan fingerprint density at radius 1 is 1.03 bits per heavy atom. The lowest BCUT2D eigenvalue weighted by atomic mass is 10.1. The summed E-state index contributed by atoms with van der Waals surface area (Å²) in [6.07, 6.45) is -4.54. The van der Waals surface area contributed by atoms with Gasteiger partial charge in [0.25, 0.3) is 5.91 Å². The number of alkyl halides is 3. The van der Waals surface area contributed by atoms with Crippen LogP contribution in [0.4, 0.5) is 19.1 Å². The largest absolute Gasteiger partial charge is 0.416 e. The average Bonchev–Trinajstić information content (AvgIpc) is 3.21. The number of anilines is 1. The minimum absolute atomic E-state index is 0.0910. The fraction of sp³-hybridized carbons (Fsp3) is 0.259. The third-order valence-electron chi connectivity index (χ3n) is 6.30. The van der Waals surface area contributed by atoms with Crippen molar-refractivity contribution in [3.05, 3.63) is 89.0 Å². The number of fused-ring (bicyclic) bond motifs is 1. The third-order valence-corrected chi connectivity index (χ3v) is 6.30. The Kier molecular flexibility index (Phi) is 6.51. The van der Waals surface area contributed by atoms with E-state index in [1.165, 1.54) is 12.1 Å². The Hall–Kier alpha value is -3.69. The molecule has 1 saturated heterocycles. The highest BCUT2D eigenvalue weighted by atomic mass is 19.4. The van der Waals surface area contributed by atoms with Crippen molar-refractivity contribution in [3.63, 3.8) is 0 Å². The molecular weight excluding hydrogens is 467 g/mol. The maximum absolute atomic E-state index is 13.2. The molecule has 3 aromatic carbocycles. The molecule has 4 aromatic rings. The predicted molar refractivity (Wildman–Crippen MR) is 133 cm³/mol. The molecule has 9 heteroatoms. The molecule has 1 aromatic heterocycles. The number of hydrogen-bond donors (Lipinski definition) is 2. The van der Waals surface area contributed by atoms with Gasteiger partial charge in [0.05, 0.1) is 16.6 Å². The predicted octanol–water partition coefficient (Wildman–Crippen LogP) is 5.01. The van der Waals surface area contributed by atoms with E-state index in [0.717, 1.165) is 67.2 Å². The molecule has 1 amide bonds. The van der Waals surface area contributed by atoms with E-state index < -0.39 is 17.6 Å². The topological polar surface area (TPSA) is 62.2 Å². The zero-order valence-electron chi connectivity index (χ0n) is 19.8. The number of benzene rings is 3. The van der Waals surface area contributed by atoms with Crippen LogP contribution < -0.4 is 10.6 Å². The second kappa shape index (κ2) is 9.75. The summed E-state index contributed by atoms with van der Waals surface area (Å²) in [7, 11) is 0. The summed E-state index contributed by atoms with van der Waals surface area (Å²) >= 11 is 0. The molecular formula is C27H26F3N5O. The van der Waals surface area contributed by atoms with E-state index in [2.05, 4.69) is 26.6 Å². The number of amides is 1. The Labute approximate surface area is 206 Å². The third kappa shape index (κ3) is 5.12. The zero-order valence-corrected chi connectivity index (χ0v) is 19.8. The number of piperazine rings is 1. The van der Waals surface area contributed by atoms with E-state index in [1.807, 2.05) is 47.9 Å². The number of carbonyl (C=O) groups excluding carboxylic acids is 1. The van der Waals surface area contributed by atoms with Crippen molar-refractivity contribution < 1.29 is 18.0 Å². The minimum Gasteiger partial charge on any atom is -0.314 e. The van der Waals surface area contributed by atoms with Gasteiger partial charge in [-0.1, -0.05) is 29.8 Å². The van der Waals surface area contributed by atoms with E-state index >= 15 is 0 Å². The lowest BCUT2D eigenvalue weighted by molar-refractivity contribution is -0.137. The van der Waals surface area contributed by atoms with Gasteiger partial charge in [-0.25, -0.2) is 4.98 Å². The molecule has 0 saturated carbocycles. The summed E-state index contributed by atoms with van der Waals surface area (Å²) in [6, 6.07) is 18.2. The first-order chi connectivity index (χ1) is 17.3. The normalized spacial score (nSPS) is 14.8. The summed E-state index contributed by atoms with van der Waals surface area (Å²) in [4.78, 5) is 20.0. The van der Waals surface area contributed by atoms with Crippen LogP contribution in [0.5, 0.6) is 0 Å². The molecule has 1 aliphatic heterocycles. The molecule has 0 unspecified atom stereocenters. The molecule has 5 rings (SSSR count). The fourth-order valence-corrected chi connectivity index (χ4v) is 4.40. The van der Waals surface area contributed by atoms with Crippen molar-refractivity contribution in [1.29, 1.82) is 0 Å². The van der Waals surface area contributed by atoms with Crippen LogP contribution in [0, 0.1) is 6.92 Å². The number of carbonyl (C=O) groups is 1. The molecule has 0 aliphatic carbocycles. The number of aromatic nitrogens is 2. The maximum Gasteiger partial charge on any atom is 0.416 e. The second-order valence-electron chi connectivity index (χ2n) is 8.99. The summed E-state index contributed by atoms with van der Waals surface area (Å²) in [5.74, 6) is -0.415. The van der Waals surface area contributed by atoms with Gasteiger partial charge in [0.15, 0.2) is 0 Å². The zero-order chi connectivity index (χ0) is 25.3. The van der Waals surface area contributed by atoms with Gasteiger partial charge in [-0.3, -0.25) is 19.6 Å². The molecule has 2 N–H and O–H groups in total. The van der Waals surface area contributed by atoms with Crippen molar-refractivity contribution in [2.24, 2.45) is 0 Å². The average molecular weight is 494 g/mol. The van der Waals surface area contributed by atoms with Crippen molar-refractivity contribution >= 4 is 22.9 Å². The molecule has 0 radical (unpaired) electrons. The molecule has 0 atom stereocenters. The van der Waals surface area contributed by atoms with Gasteiger partial charge in [0.2, 0.25) is 5.95 Å². The molecule has 6 nitrogen and oxygen atoms in total. The van der Waals surface area contributed by atoms with Gasteiger partial charge in [-0.05, 0) is 55.0 Å². The lowest BCUT2D eigenvalue weighted by Crippen LogP contribution is -2.42. The Bertz CT molecular complexity index is 1390.